The number of terminal acetylenes is 2. The first-order valence-corrected chi connectivity index (χ1v) is 19.3. The lowest BCUT2D eigenvalue weighted by Crippen LogP contribution is -2.60. The van der Waals surface area contributed by atoms with E-state index in [4.69, 9.17) is 46.0 Å². The Morgan fingerprint density at radius 2 is 1.69 bits per heavy atom. The molecule has 4 N–H and O–H groups in total. The van der Waals surface area contributed by atoms with E-state index in [1.54, 1.807) is 34.6 Å². The molecule has 0 saturated carbocycles. The minimum absolute atomic E-state index is 0.144. The highest BCUT2D eigenvalue weighted by Crippen LogP contribution is 2.48. The summed E-state index contributed by atoms with van der Waals surface area (Å²) in [4.78, 5) is 16.2. The number of carbonyl (C=O) groups is 1. The number of esters is 1. The van der Waals surface area contributed by atoms with E-state index in [1.807, 2.05) is 32.6 Å². The molecule has 4 aliphatic heterocycles. The molecule has 13 nitrogen and oxygen atoms in total. The van der Waals surface area contributed by atoms with Gasteiger partial charge in [-0.05, 0) is 66.9 Å². The lowest BCUT2D eigenvalue weighted by Gasteiger charge is -2.48. The number of ether oxygens (including phenoxy) is 7. The Labute approximate surface area is 322 Å². The zero-order valence-electron chi connectivity index (χ0n) is 34.0. The van der Waals surface area contributed by atoms with E-state index in [2.05, 4.69) is 11.8 Å². The molecular formula is C41H65NO12. The molecule has 4 heterocycles. The largest absolute Gasteiger partial charge is 0.488 e. The van der Waals surface area contributed by atoms with Crippen LogP contribution in [0, 0.1) is 42.4 Å². The van der Waals surface area contributed by atoms with Crippen molar-refractivity contribution in [2.24, 2.45) is 17.8 Å². The van der Waals surface area contributed by atoms with Crippen LogP contribution in [-0.4, -0.2) is 136 Å². The lowest BCUT2D eigenvalue weighted by molar-refractivity contribution is -0.316. The monoisotopic (exact) mass is 763 g/mol. The second-order valence-electron chi connectivity index (χ2n) is 16.7. The number of aliphatic hydroxyl groups is 4. The third-order valence-corrected chi connectivity index (χ3v) is 12.3. The first-order chi connectivity index (χ1) is 25.2. The summed E-state index contributed by atoms with van der Waals surface area (Å²) in [6.45, 7) is 18.2. The minimum atomic E-state index is -1.85. The van der Waals surface area contributed by atoms with Gasteiger partial charge >= 0.3 is 5.97 Å². The van der Waals surface area contributed by atoms with Crippen molar-refractivity contribution in [3.05, 3.63) is 11.3 Å². The van der Waals surface area contributed by atoms with Crippen molar-refractivity contribution in [2.45, 2.75) is 179 Å². The van der Waals surface area contributed by atoms with E-state index in [1.165, 1.54) is 14.0 Å². The highest BCUT2D eigenvalue weighted by Gasteiger charge is 2.57. The average Bonchev–Trinajstić information content (AvgIpc) is 3.43. The van der Waals surface area contributed by atoms with E-state index >= 15 is 0 Å². The van der Waals surface area contributed by atoms with Gasteiger partial charge in [0, 0.05) is 31.9 Å². The van der Waals surface area contributed by atoms with Crippen LogP contribution in [0.1, 0.15) is 94.9 Å². The number of hydrogen-bond acceptors (Lipinski definition) is 13. The molecule has 0 radical (unpaired) electrons. The van der Waals surface area contributed by atoms with Crippen molar-refractivity contribution >= 4 is 5.97 Å². The fraction of sp³-hybridized carbons (Fsp3) is 0.829. The second-order valence-corrected chi connectivity index (χ2v) is 16.7. The molecular weight excluding hydrogens is 698 g/mol. The smallest absolute Gasteiger partial charge is 0.311 e. The van der Waals surface area contributed by atoms with E-state index in [0.717, 1.165) is 5.57 Å². The van der Waals surface area contributed by atoms with Crippen LogP contribution in [0.25, 0.3) is 0 Å². The topological polar surface area (TPSA) is 166 Å². The Balaban J connectivity index is 1.84. The summed E-state index contributed by atoms with van der Waals surface area (Å²) in [5, 5.41) is 45.6. The maximum absolute atomic E-state index is 14.4. The highest BCUT2D eigenvalue weighted by molar-refractivity contribution is 5.73. The molecule has 0 aliphatic carbocycles. The number of cyclic esters (lactones) is 1. The molecule has 54 heavy (non-hydrogen) atoms. The SMILES string of the molecule is C#CCN(CC#C)C1CC(C)O[C@@H](O[C@@H]2[C@@H](C)[C@H](O[C@H]3CC(C)(OC)[C@@H](O)C(C)O3)[C@@H](C)C(=O)O[C@@H]([C@](C)(O)[C@H](O)CC)[C@@H](C)C3=C(C)CC2(C)O3)C1O. The quantitative estimate of drug-likeness (QED) is 0.180. The normalized spacial score (nSPS) is 43.6. The van der Waals surface area contributed by atoms with Gasteiger partial charge in [-0.15, -0.1) is 12.8 Å². The molecule has 2 bridgehead atoms. The van der Waals surface area contributed by atoms with Gasteiger partial charge in [-0.3, -0.25) is 9.69 Å². The summed E-state index contributed by atoms with van der Waals surface area (Å²) in [5.74, 6) is 2.79. The van der Waals surface area contributed by atoms with Crippen molar-refractivity contribution < 1.29 is 58.4 Å². The minimum Gasteiger partial charge on any atom is -0.488 e. The fourth-order valence-electron chi connectivity index (χ4n) is 9.10. The molecule has 3 fully saturated rings. The van der Waals surface area contributed by atoms with Crippen LogP contribution in [0.4, 0.5) is 0 Å². The van der Waals surface area contributed by atoms with Gasteiger partial charge in [0.05, 0.1) is 54.9 Å². The van der Waals surface area contributed by atoms with Gasteiger partial charge in [0.1, 0.15) is 41.4 Å². The van der Waals surface area contributed by atoms with Gasteiger partial charge in [0.25, 0.3) is 0 Å². The van der Waals surface area contributed by atoms with Crippen molar-refractivity contribution in [3.8, 4) is 24.7 Å². The Kier molecular flexibility index (Phi) is 14.4. The summed E-state index contributed by atoms with van der Waals surface area (Å²) in [6.07, 6.45) is 3.13. The average molecular weight is 764 g/mol. The zero-order chi connectivity index (χ0) is 40.5. The molecule has 306 valence electrons. The van der Waals surface area contributed by atoms with Gasteiger partial charge in [0.2, 0.25) is 0 Å². The van der Waals surface area contributed by atoms with E-state index < -0.39 is 102 Å². The molecule has 0 amide bonds. The third-order valence-electron chi connectivity index (χ3n) is 12.3. The molecule has 17 atom stereocenters. The molecule has 6 unspecified atom stereocenters. The Bertz CT molecular complexity index is 1410. The first kappa shape index (κ1) is 44.4. The summed E-state index contributed by atoms with van der Waals surface area (Å²) in [7, 11) is 1.51. The van der Waals surface area contributed by atoms with Crippen molar-refractivity contribution in [1.82, 2.24) is 4.90 Å². The summed E-state index contributed by atoms with van der Waals surface area (Å²) in [5.41, 5.74) is -3.12. The second kappa shape index (κ2) is 17.5. The molecule has 0 spiro atoms. The molecule has 0 aromatic rings. The zero-order valence-corrected chi connectivity index (χ0v) is 34.0. The van der Waals surface area contributed by atoms with E-state index in [-0.39, 0.29) is 32.0 Å². The molecule has 4 aliphatic rings. The number of carbonyl (C=O) groups excluding carboxylic acids is 1. The first-order valence-electron chi connectivity index (χ1n) is 19.3. The summed E-state index contributed by atoms with van der Waals surface area (Å²) >= 11 is 0. The molecule has 3 saturated heterocycles. The van der Waals surface area contributed by atoms with Crippen molar-refractivity contribution in [2.75, 3.05) is 20.2 Å². The number of aliphatic hydroxyl groups excluding tert-OH is 3. The predicted molar refractivity (Wildman–Crippen MR) is 199 cm³/mol. The lowest BCUT2D eigenvalue weighted by atomic mass is 9.78. The van der Waals surface area contributed by atoms with Crippen LogP contribution >= 0.6 is 0 Å². The number of rotatable bonds is 11. The highest BCUT2D eigenvalue weighted by atomic mass is 16.7. The van der Waals surface area contributed by atoms with E-state index in [0.29, 0.717) is 18.6 Å². The maximum Gasteiger partial charge on any atom is 0.311 e. The van der Waals surface area contributed by atoms with Crippen LogP contribution < -0.4 is 0 Å². The van der Waals surface area contributed by atoms with Crippen LogP contribution in [0.2, 0.25) is 0 Å². The molecule has 0 aromatic carbocycles. The van der Waals surface area contributed by atoms with Crippen molar-refractivity contribution in [3.63, 3.8) is 0 Å². The predicted octanol–water partition coefficient (Wildman–Crippen LogP) is 2.90. The number of fused-ring (bicyclic) bond motifs is 2. The number of nitrogens with zero attached hydrogens (tertiary/aromatic N) is 1. The summed E-state index contributed by atoms with van der Waals surface area (Å²) in [6, 6.07) is -0.471. The maximum atomic E-state index is 14.4. The summed E-state index contributed by atoms with van der Waals surface area (Å²) < 4.78 is 45.0. The molecule has 0 aromatic heterocycles. The van der Waals surface area contributed by atoms with Gasteiger partial charge < -0.3 is 53.6 Å². The molecule has 13 heteroatoms. The van der Waals surface area contributed by atoms with Crippen molar-refractivity contribution in [1.29, 1.82) is 0 Å². The van der Waals surface area contributed by atoms with Crippen LogP contribution in [0.5, 0.6) is 0 Å². The van der Waals surface area contributed by atoms with Gasteiger partial charge in [-0.2, -0.15) is 0 Å². The molecule has 4 rings (SSSR count). The van der Waals surface area contributed by atoms with E-state index in [9.17, 15) is 25.2 Å². The van der Waals surface area contributed by atoms with Crippen LogP contribution in [0.15, 0.2) is 11.3 Å². The van der Waals surface area contributed by atoms with Gasteiger partial charge in [0.15, 0.2) is 12.6 Å². The van der Waals surface area contributed by atoms with Crippen LogP contribution in [0.3, 0.4) is 0 Å². The third kappa shape index (κ3) is 8.82. The van der Waals surface area contributed by atoms with Crippen LogP contribution in [-0.2, 0) is 38.0 Å². The fourth-order valence-corrected chi connectivity index (χ4v) is 9.10. The number of hydrogen-bond donors (Lipinski definition) is 4. The van der Waals surface area contributed by atoms with Gasteiger partial charge in [-0.25, -0.2) is 0 Å². The Hall–Kier alpha value is -2.27. The van der Waals surface area contributed by atoms with Gasteiger partial charge in [-0.1, -0.05) is 32.6 Å². The standard InChI is InChI=1S/C41H65NO12/c1-14-17-42(18-15-2)28-19-23(5)49-38(31(28)44)53-35-25(7)33(51-30-21-39(10,48-13)34(45)27(9)50-30)26(8)37(46)52-36(41(12,47)29(43)16-3)24(6)32-22(4)20-40(35,11)54-32/h1-2,23-31,33-36,38,43-45,47H,16-21H2,3-13H3/t23?,24-,25-,26+,27?,28?,29+,30-,31?,33-,34-,35+,36+,38-,39?,40?,41+/m0/s1. The Morgan fingerprint density at radius 1 is 1.06 bits per heavy atom. The Morgan fingerprint density at radius 3 is 2.26 bits per heavy atom. The number of methoxy groups -OCH3 is 1.